The number of aryl methyl sites for hydroxylation is 2. The molecule has 0 spiro atoms. The summed E-state index contributed by atoms with van der Waals surface area (Å²) in [7, 11) is 1.57. The molecule has 1 atom stereocenters. The highest BCUT2D eigenvalue weighted by molar-refractivity contribution is 6.01. The van der Waals surface area contributed by atoms with Gasteiger partial charge in [0, 0.05) is 44.0 Å². The Hall–Kier alpha value is -3.66. The van der Waals surface area contributed by atoms with Gasteiger partial charge in [-0.25, -0.2) is 4.79 Å². The van der Waals surface area contributed by atoms with Crippen molar-refractivity contribution in [2.45, 2.75) is 52.7 Å². The lowest BCUT2D eigenvalue weighted by Gasteiger charge is -2.31. The predicted octanol–water partition coefficient (Wildman–Crippen LogP) is 1.56. The molecule has 4 rings (SSSR count). The number of nitrogen functional groups attached to an aromatic ring is 1. The second-order valence-electron chi connectivity index (χ2n) is 9.52. The topological polar surface area (TPSA) is 134 Å². The van der Waals surface area contributed by atoms with Crippen LogP contribution in [-0.2, 0) is 20.1 Å². The number of imidazole rings is 1. The molecule has 2 aromatic heterocycles. The summed E-state index contributed by atoms with van der Waals surface area (Å²) < 4.78 is 4.12. The number of allylic oxidation sites excluding steroid dienone is 2. The number of hydrogen-bond donors (Lipinski definition) is 2. The third kappa shape index (κ3) is 4.53. The molecular formula is C25H33N7O3. The molecule has 1 aromatic carbocycles. The van der Waals surface area contributed by atoms with Gasteiger partial charge in [-0.2, -0.15) is 4.98 Å². The number of rotatable bonds is 6. The van der Waals surface area contributed by atoms with E-state index in [1.165, 1.54) is 4.57 Å². The summed E-state index contributed by atoms with van der Waals surface area (Å²) in [6.45, 7) is 7.14. The fourth-order valence-electron chi connectivity index (χ4n) is 4.53. The molecule has 10 nitrogen and oxygen atoms in total. The van der Waals surface area contributed by atoms with Crippen molar-refractivity contribution in [1.82, 2.24) is 18.7 Å². The first-order valence-electron chi connectivity index (χ1n) is 11.8. The highest BCUT2D eigenvalue weighted by Crippen LogP contribution is 2.23. The number of hydrogen-bond acceptors (Lipinski definition) is 7. The van der Waals surface area contributed by atoms with E-state index in [1.54, 1.807) is 32.2 Å². The SMILES string of the molecule is CC(C)=CCn1c(N2CCCC(N)C2)nc2c1c(=O)n(CC(=O)c1cccc(C)c1N)c(=O)n2C. The molecule has 1 unspecified atom stereocenters. The first kappa shape index (κ1) is 24.5. The smallest absolute Gasteiger partial charge is 0.332 e. The van der Waals surface area contributed by atoms with Gasteiger partial charge in [-0.15, -0.1) is 0 Å². The van der Waals surface area contributed by atoms with Crippen LogP contribution in [0.4, 0.5) is 11.6 Å². The summed E-state index contributed by atoms with van der Waals surface area (Å²) in [5.41, 5.74) is 14.2. The minimum atomic E-state index is -0.601. The van der Waals surface area contributed by atoms with E-state index < -0.39 is 23.6 Å². The molecule has 35 heavy (non-hydrogen) atoms. The molecule has 3 heterocycles. The van der Waals surface area contributed by atoms with E-state index in [0.717, 1.165) is 35.1 Å². The third-order valence-electron chi connectivity index (χ3n) is 6.56. The second kappa shape index (κ2) is 9.53. The van der Waals surface area contributed by atoms with Crippen molar-refractivity contribution in [1.29, 1.82) is 0 Å². The van der Waals surface area contributed by atoms with Gasteiger partial charge >= 0.3 is 5.69 Å². The first-order chi connectivity index (χ1) is 16.6. The Balaban J connectivity index is 1.89. The van der Waals surface area contributed by atoms with Crippen LogP contribution in [0.25, 0.3) is 11.2 Å². The van der Waals surface area contributed by atoms with Crippen molar-refractivity contribution in [2.75, 3.05) is 23.7 Å². The molecule has 4 N–H and O–H groups in total. The number of nitrogens with zero attached hydrogens (tertiary/aromatic N) is 5. The summed E-state index contributed by atoms with van der Waals surface area (Å²) in [6.07, 6.45) is 3.85. The van der Waals surface area contributed by atoms with E-state index >= 15 is 0 Å². The molecule has 0 bridgehead atoms. The molecule has 0 radical (unpaired) electrons. The van der Waals surface area contributed by atoms with Crippen LogP contribution in [0.1, 0.15) is 42.6 Å². The van der Waals surface area contributed by atoms with Crippen molar-refractivity contribution in [3.8, 4) is 0 Å². The van der Waals surface area contributed by atoms with Crippen LogP contribution in [0.2, 0.25) is 0 Å². The van der Waals surface area contributed by atoms with E-state index in [0.29, 0.717) is 30.3 Å². The summed E-state index contributed by atoms with van der Waals surface area (Å²) in [5, 5.41) is 0. The van der Waals surface area contributed by atoms with Gasteiger partial charge in [-0.05, 0) is 45.2 Å². The molecule has 0 aliphatic carbocycles. The average molecular weight is 480 g/mol. The number of carbonyl (C=O) groups excluding carboxylic acids is 1. The Morgan fingerprint density at radius 3 is 2.66 bits per heavy atom. The summed E-state index contributed by atoms with van der Waals surface area (Å²) in [4.78, 5) is 46.8. The van der Waals surface area contributed by atoms with Gasteiger partial charge < -0.3 is 20.9 Å². The van der Waals surface area contributed by atoms with Crippen LogP contribution in [-0.4, -0.2) is 43.6 Å². The molecule has 1 aliphatic rings. The second-order valence-corrected chi connectivity index (χ2v) is 9.52. The first-order valence-corrected chi connectivity index (χ1v) is 11.8. The maximum absolute atomic E-state index is 13.7. The van der Waals surface area contributed by atoms with Gasteiger partial charge in [-0.1, -0.05) is 23.8 Å². The number of Topliss-reactive ketones (excluding diaryl/α,β-unsaturated/α-hetero) is 1. The highest BCUT2D eigenvalue weighted by Gasteiger charge is 2.26. The molecule has 1 fully saturated rings. The monoisotopic (exact) mass is 479 g/mol. The van der Waals surface area contributed by atoms with E-state index in [-0.39, 0.29) is 17.2 Å². The number of aromatic nitrogens is 4. The molecule has 10 heteroatoms. The van der Waals surface area contributed by atoms with Crippen molar-refractivity contribution in [3.63, 3.8) is 0 Å². The quantitative estimate of drug-likeness (QED) is 0.311. The van der Waals surface area contributed by atoms with Gasteiger partial charge in [0.2, 0.25) is 5.95 Å². The number of benzene rings is 1. The van der Waals surface area contributed by atoms with Crippen LogP contribution in [0.3, 0.4) is 0 Å². The molecular weight excluding hydrogens is 446 g/mol. The molecule has 3 aromatic rings. The van der Waals surface area contributed by atoms with E-state index in [1.807, 2.05) is 24.5 Å². The maximum Gasteiger partial charge on any atom is 0.332 e. The summed E-state index contributed by atoms with van der Waals surface area (Å²) in [6, 6.07) is 5.15. The van der Waals surface area contributed by atoms with Crippen LogP contribution in [0.5, 0.6) is 0 Å². The number of piperidine rings is 1. The van der Waals surface area contributed by atoms with Crippen molar-refractivity contribution in [3.05, 3.63) is 61.8 Å². The van der Waals surface area contributed by atoms with E-state index in [9.17, 15) is 14.4 Å². The fourth-order valence-corrected chi connectivity index (χ4v) is 4.53. The number of ketones is 1. The summed E-state index contributed by atoms with van der Waals surface area (Å²) in [5.74, 6) is 0.203. The van der Waals surface area contributed by atoms with Crippen LogP contribution >= 0.6 is 0 Å². The van der Waals surface area contributed by atoms with E-state index in [2.05, 4.69) is 4.90 Å². The molecule has 1 saturated heterocycles. The van der Waals surface area contributed by atoms with Crippen molar-refractivity contribution < 1.29 is 4.79 Å². The standard InChI is InChI=1S/C25H33N7O3/c1-15(2)10-12-31-21-22(28-24(31)30-11-6-8-17(26)13-30)29(4)25(35)32(23(21)34)14-19(33)18-9-5-7-16(3)20(18)27/h5,7,9-10,17H,6,8,11-14,26-27H2,1-4H3. The van der Waals surface area contributed by atoms with Gasteiger partial charge in [-0.3, -0.25) is 18.7 Å². The number of fused-ring (bicyclic) bond motifs is 1. The number of carbonyl (C=O) groups is 1. The van der Waals surface area contributed by atoms with Gasteiger partial charge in [0.25, 0.3) is 5.56 Å². The average Bonchev–Trinajstić information content (AvgIpc) is 3.20. The van der Waals surface area contributed by atoms with E-state index in [4.69, 9.17) is 16.5 Å². The Morgan fingerprint density at radius 1 is 1.23 bits per heavy atom. The minimum absolute atomic E-state index is 0.0124. The van der Waals surface area contributed by atoms with Gasteiger partial charge in [0.15, 0.2) is 16.9 Å². The zero-order valence-corrected chi connectivity index (χ0v) is 20.7. The van der Waals surface area contributed by atoms with Crippen molar-refractivity contribution >= 4 is 28.6 Å². The highest BCUT2D eigenvalue weighted by atomic mass is 16.2. The van der Waals surface area contributed by atoms with Crippen molar-refractivity contribution in [2.24, 2.45) is 12.8 Å². The number of nitrogens with two attached hydrogens (primary N) is 2. The molecule has 1 aliphatic heterocycles. The zero-order chi connectivity index (χ0) is 25.4. The van der Waals surface area contributed by atoms with Crippen LogP contribution < -0.4 is 27.6 Å². The van der Waals surface area contributed by atoms with Gasteiger partial charge in [0.05, 0.1) is 6.54 Å². The Kier molecular flexibility index (Phi) is 6.66. The summed E-state index contributed by atoms with van der Waals surface area (Å²) >= 11 is 0. The normalized spacial score (nSPS) is 16.0. The van der Waals surface area contributed by atoms with Crippen LogP contribution in [0, 0.1) is 6.92 Å². The number of anilines is 2. The Morgan fingerprint density at radius 2 is 1.97 bits per heavy atom. The maximum atomic E-state index is 13.7. The Labute approximate surface area is 203 Å². The third-order valence-corrected chi connectivity index (χ3v) is 6.56. The minimum Gasteiger partial charge on any atom is -0.398 e. The lowest BCUT2D eigenvalue weighted by Crippen LogP contribution is -2.44. The largest absolute Gasteiger partial charge is 0.398 e. The lowest BCUT2D eigenvalue weighted by atomic mass is 10.0. The fraction of sp³-hybridized carbons (Fsp3) is 0.440. The zero-order valence-electron chi connectivity index (χ0n) is 20.7. The Bertz CT molecular complexity index is 1440. The van der Waals surface area contributed by atoms with Gasteiger partial charge in [0.1, 0.15) is 0 Å². The predicted molar refractivity (Wildman–Crippen MR) is 138 cm³/mol. The molecule has 0 saturated carbocycles. The number of para-hydroxylation sites is 1. The molecule has 186 valence electrons. The molecule has 0 amide bonds. The van der Waals surface area contributed by atoms with Crippen LogP contribution in [0.15, 0.2) is 39.4 Å². The lowest BCUT2D eigenvalue weighted by molar-refractivity contribution is 0.0969.